The van der Waals surface area contributed by atoms with Crippen molar-refractivity contribution >= 4 is 0 Å². The van der Waals surface area contributed by atoms with Gasteiger partial charge in [-0.1, -0.05) is 35.5 Å². The Balaban J connectivity index is 0.000000181. The lowest BCUT2D eigenvalue weighted by molar-refractivity contribution is 0.649. The summed E-state index contributed by atoms with van der Waals surface area (Å²) in [7, 11) is 0. The third-order valence-corrected chi connectivity index (χ3v) is 1.99. The van der Waals surface area contributed by atoms with Crippen molar-refractivity contribution in [1.82, 2.24) is 30.4 Å². The van der Waals surface area contributed by atoms with E-state index in [1.807, 2.05) is 24.4 Å². The Morgan fingerprint density at radius 3 is 2.29 bits per heavy atom. The second-order valence-corrected chi connectivity index (χ2v) is 3.24. The fraction of sp³-hybridized carbons (Fsp3) is 0.0909. The Morgan fingerprint density at radius 2 is 1.76 bits per heavy atom. The summed E-state index contributed by atoms with van der Waals surface area (Å²) in [5.74, 6) is 0. The minimum absolute atomic E-state index is 0.792. The predicted octanol–water partition coefficient (Wildman–Crippen LogP) is 1.13. The Hall–Kier alpha value is -2.50. The first kappa shape index (κ1) is 11.0. The third-order valence-electron chi connectivity index (χ3n) is 1.99. The maximum atomic E-state index is 3.88. The number of hydrogen-bond donors (Lipinski definition) is 1. The smallest absolute Gasteiger partial charge is 0.0693 e. The number of rotatable bonds is 2. The second kappa shape index (κ2) is 6.16. The van der Waals surface area contributed by atoms with Crippen LogP contribution in [0.3, 0.4) is 0 Å². The highest BCUT2D eigenvalue weighted by atomic mass is 15.4. The van der Waals surface area contributed by atoms with Crippen LogP contribution in [0, 0.1) is 0 Å². The van der Waals surface area contributed by atoms with E-state index in [1.165, 1.54) is 5.56 Å². The highest BCUT2D eigenvalue weighted by Crippen LogP contribution is 1.99. The molecule has 0 saturated heterocycles. The van der Waals surface area contributed by atoms with Crippen molar-refractivity contribution in [1.29, 1.82) is 0 Å². The van der Waals surface area contributed by atoms with Gasteiger partial charge in [-0.3, -0.25) is 0 Å². The Labute approximate surface area is 98.3 Å². The van der Waals surface area contributed by atoms with Crippen LogP contribution >= 0.6 is 0 Å². The van der Waals surface area contributed by atoms with Gasteiger partial charge in [0.2, 0.25) is 0 Å². The number of benzene rings is 1. The molecule has 1 aromatic carbocycles. The van der Waals surface area contributed by atoms with Crippen LogP contribution in [0.15, 0.2) is 55.1 Å². The van der Waals surface area contributed by atoms with Gasteiger partial charge in [-0.05, 0) is 5.56 Å². The van der Waals surface area contributed by atoms with E-state index in [1.54, 1.807) is 23.3 Å². The lowest BCUT2D eigenvalue weighted by atomic mass is 10.2. The maximum Gasteiger partial charge on any atom is 0.0693 e. The van der Waals surface area contributed by atoms with Gasteiger partial charge in [0.25, 0.3) is 0 Å². The average Bonchev–Trinajstić information content (AvgIpc) is 3.06. The van der Waals surface area contributed by atoms with Crippen LogP contribution in [0.4, 0.5) is 0 Å². The van der Waals surface area contributed by atoms with Gasteiger partial charge >= 0.3 is 0 Å². The molecule has 0 atom stereocenters. The molecule has 0 aliphatic rings. The molecular formula is C11H12N6. The zero-order valence-corrected chi connectivity index (χ0v) is 9.14. The normalized spacial score (nSPS) is 9.41. The minimum Gasteiger partial charge on any atom is -0.248 e. The summed E-state index contributed by atoms with van der Waals surface area (Å²) in [6.07, 6.45) is 6.70. The van der Waals surface area contributed by atoms with Gasteiger partial charge in [0.15, 0.2) is 0 Å². The van der Waals surface area contributed by atoms with Crippen LogP contribution in [0.2, 0.25) is 0 Å². The van der Waals surface area contributed by atoms with E-state index in [9.17, 15) is 0 Å². The molecule has 6 heteroatoms. The molecule has 0 amide bonds. The quantitative estimate of drug-likeness (QED) is 0.713. The molecule has 0 unspecified atom stereocenters. The van der Waals surface area contributed by atoms with Crippen LogP contribution in [-0.4, -0.2) is 30.4 Å². The summed E-state index contributed by atoms with van der Waals surface area (Å²) >= 11 is 0. The molecule has 17 heavy (non-hydrogen) atoms. The summed E-state index contributed by atoms with van der Waals surface area (Å²) in [5, 5.41) is 16.9. The minimum atomic E-state index is 0.792. The molecule has 0 fully saturated rings. The Morgan fingerprint density at radius 1 is 1.00 bits per heavy atom. The molecule has 1 N–H and O–H groups in total. The lowest BCUT2D eigenvalue weighted by Crippen LogP contribution is -1.99. The number of nitrogens with one attached hydrogen (secondary N) is 1. The van der Waals surface area contributed by atoms with E-state index in [0.717, 1.165) is 6.54 Å². The topological polar surface area (TPSA) is 72.3 Å². The number of H-pyrrole nitrogens is 1. The van der Waals surface area contributed by atoms with Gasteiger partial charge in [-0.25, -0.2) is 4.68 Å². The van der Waals surface area contributed by atoms with Crippen molar-refractivity contribution in [2.45, 2.75) is 6.54 Å². The van der Waals surface area contributed by atoms with E-state index in [2.05, 4.69) is 37.9 Å². The monoisotopic (exact) mass is 228 g/mol. The van der Waals surface area contributed by atoms with Crippen molar-refractivity contribution < 1.29 is 0 Å². The van der Waals surface area contributed by atoms with E-state index in [4.69, 9.17) is 0 Å². The lowest BCUT2D eigenvalue weighted by Gasteiger charge is -1.98. The molecule has 0 bridgehead atoms. The molecule has 2 heterocycles. The Kier molecular flexibility index (Phi) is 3.99. The van der Waals surface area contributed by atoms with E-state index in [-0.39, 0.29) is 0 Å². The molecule has 2 aromatic heterocycles. The Bertz CT molecular complexity index is 471. The predicted molar refractivity (Wildman–Crippen MR) is 61.9 cm³/mol. The molecule has 0 aliphatic heterocycles. The van der Waals surface area contributed by atoms with E-state index >= 15 is 0 Å². The first-order chi connectivity index (χ1) is 8.45. The van der Waals surface area contributed by atoms with E-state index < -0.39 is 0 Å². The molecule has 3 aromatic rings. The van der Waals surface area contributed by atoms with Crippen molar-refractivity contribution in [3.8, 4) is 0 Å². The van der Waals surface area contributed by atoms with Crippen molar-refractivity contribution in [2.24, 2.45) is 0 Å². The molecule has 3 rings (SSSR count). The second-order valence-electron chi connectivity index (χ2n) is 3.24. The highest BCUT2D eigenvalue weighted by Gasteiger charge is 1.92. The van der Waals surface area contributed by atoms with E-state index in [0.29, 0.717) is 0 Å². The standard InChI is InChI=1S/C9H9N3.C2H3N3/c1-2-4-9(5-3-1)8-12-7-6-10-11-12;1-2-4-5-3-1/h1-7H,8H2;1-2H,(H,3,4,5). The highest BCUT2D eigenvalue weighted by molar-refractivity contribution is 5.14. The summed E-state index contributed by atoms with van der Waals surface area (Å²) < 4.78 is 1.80. The van der Waals surface area contributed by atoms with Gasteiger partial charge in [0.05, 0.1) is 25.1 Å². The van der Waals surface area contributed by atoms with Crippen molar-refractivity contribution in [3.63, 3.8) is 0 Å². The zero-order valence-electron chi connectivity index (χ0n) is 9.14. The van der Waals surface area contributed by atoms with Crippen LogP contribution in [0.5, 0.6) is 0 Å². The molecule has 6 nitrogen and oxygen atoms in total. The van der Waals surface area contributed by atoms with Gasteiger partial charge < -0.3 is 0 Å². The third kappa shape index (κ3) is 3.86. The summed E-state index contributed by atoms with van der Waals surface area (Å²) in [4.78, 5) is 0. The fourth-order valence-corrected chi connectivity index (χ4v) is 1.25. The molecule has 86 valence electrons. The van der Waals surface area contributed by atoms with Gasteiger partial charge in [0, 0.05) is 6.20 Å². The maximum absolute atomic E-state index is 3.88. The molecule has 0 spiro atoms. The SMILES string of the molecule is c1ccc(Cn2ccnn2)cc1.c1cn[nH]n1. The first-order valence-corrected chi connectivity index (χ1v) is 5.13. The average molecular weight is 228 g/mol. The van der Waals surface area contributed by atoms with Crippen LogP contribution in [-0.2, 0) is 6.54 Å². The number of aromatic amines is 1. The van der Waals surface area contributed by atoms with Crippen LogP contribution in [0.25, 0.3) is 0 Å². The number of nitrogens with zero attached hydrogens (tertiary/aromatic N) is 5. The number of aromatic nitrogens is 6. The van der Waals surface area contributed by atoms with Crippen LogP contribution < -0.4 is 0 Å². The molecule has 0 aliphatic carbocycles. The van der Waals surface area contributed by atoms with Gasteiger partial charge in [-0.2, -0.15) is 15.4 Å². The summed E-state index contributed by atoms with van der Waals surface area (Å²) in [6, 6.07) is 10.2. The zero-order chi connectivity index (χ0) is 11.8. The van der Waals surface area contributed by atoms with Gasteiger partial charge in [-0.15, -0.1) is 5.10 Å². The summed E-state index contributed by atoms with van der Waals surface area (Å²) in [6.45, 7) is 0.792. The van der Waals surface area contributed by atoms with Crippen molar-refractivity contribution in [2.75, 3.05) is 0 Å². The largest absolute Gasteiger partial charge is 0.248 e. The molecular weight excluding hydrogens is 216 g/mol. The molecule has 0 saturated carbocycles. The fourth-order valence-electron chi connectivity index (χ4n) is 1.25. The summed E-state index contributed by atoms with van der Waals surface area (Å²) in [5.41, 5.74) is 1.24. The molecule has 0 radical (unpaired) electrons. The van der Waals surface area contributed by atoms with Crippen molar-refractivity contribution in [3.05, 3.63) is 60.7 Å². The first-order valence-electron chi connectivity index (χ1n) is 5.13. The number of hydrogen-bond acceptors (Lipinski definition) is 4. The van der Waals surface area contributed by atoms with Gasteiger partial charge in [0.1, 0.15) is 0 Å². The van der Waals surface area contributed by atoms with Crippen LogP contribution in [0.1, 0.15) is 5.56 Å².